The first-order valence-corrected chi connectivity index (χ1v) is 10.2. The van der Waals surface area contributed by atoms with Crippen molar-refractivity contribution in [2.24, 2.45) is 0 Å². The van der Waals surface area contributed by atoms with Gasteiger partial charge in [-0.15, -0.1) is 0 Å². The van der Waals surface area contributed by atoms with E-state index in [0.717, 1.165) is 45.2 Å². The summed E-state index contributed by atoms with van der Waals surface area (Å²) in [7, 11) is 0. The van der Waals surface area contributed by atoms with Crippen molar-refractivity contribution >= 4 is 11.9 Å². The van der Waals surface area contributed by atoms with Gasteiger partial charge in [0.15, 0.2) is 0 Å². The van der Waals surface area contributed by atoms with Gasteiger partial charge in [-0.2, -0.15) is 0 Å². The Hall–Kier alpha value is -1.92. The highest BCUT2D eigenvalue weighted by atomic mass is 16.3. The molecule has 1 spiro atoms. The Morgan fingerprint density at radius 1 is 1.04 bits per heavy atom. The molecule has 1 unspecified atom stereocenters. The molecule has 3 amide bonds. The average Bonchev–Trinajstić information content (AvgIpc) is 2.83. The number of nitrogens with zero attached hydrogens (tertiary/aromatic N) is 2. The van der Waals surface area contributed by atoms with Crippen molar-refractivity contribution < 1.29 is 14.7 Å². The smallest absolute Gasteiger partial charge is 0.325 e. The molecular formula is C21H29N3O3. The van der Waals surface area contributed by atoms with Crippen molar-refractivity contribution in [3.8, 4) is 0 Å². The summed E-state index contributed by atoms with van der Waals surface area (Å²) in [6, 6.07) is 8.04. The normalized spacial score (nSPS) is 23.8. The predicted octanol–water partition coefficient (Wildman–Crippen LogP) is 2.05. The van der Waals surface area contributed by atoms with E-state index in [1.807, 2.05) is 6.07 Å². The van der Waals surface area contributed by atoms with Crippen LogP contribution in [0, 0.1) is 0 Å². The minimum atomic E-state index is -0.731. The first-order chi connectivity index (χ1) is 13.1. The number of benzene rings is 1. The number of nitrogens with one attached hydrogen (secondary N) is 1. The topological polar surface area (TPSA) is 72.9 Å². The van der Waals surface area contributed by atoms with Gasteiger partial charge in [0.05, 0.1) is 12.6 Å². The van der Waals surface area contributed by atoms with E-state index in [4.69, 9.17) is 0 Å². The van der Waals surface area contributed by atoms with Crippen LogP contribution in [0.3, 0.4) is 0 Å². The van der Waals surface area contributed by atoms with Gasteiger partial charge in [0.25, 0.3) is 5.91 Å². The van der Waals surface area contributed by atoms with Crippen molar-refractivity contribution in [3.63, 3.8) is 0 Å². The molecule has 1 saturated heterocycles. The SMILES string of the molecule is O=C1NC2(CCCCCC2)C(=O)N1CC(O)CN1CCc2ccccc2C1. The van der Waals surface area contributed by atoms with Crippen LogP contribution in [0.2, 0.25) is 0 Å². The molecule has 0 radical (unpaired) electrons. The van der Waals surface area contributed by atoms with Gasteiger partial charge in [0, 0.05) is 19.6 Å². The molecule has 0 aromatic heterocycles. The molecule has 4 rings (SSSR count). The monoisotopic (exact) mass is 371 g/mol. The highest BCUT2D eigenvalue weighted by Crippen LogP contribution is 2.32. The third-order valence-electron chi connectivity index (χ3n) is 6.27. The highest BCUT2D eigenvalue weighted by Gasteiger charge is 2.50. The number of carbonyl (C=O) groups excluding carboxylic acids is 2. The summed E-state index contributed by atoms with van der Waals surface area (Å²) in [6.45, 7) is 2.23. The highest BCUT2D eigenvalue weighted by molar-refractivity contribution is 6.07. The molecule has 2 heterocycles. The Labute approximate surface area is 160 Å². The molecule has 1 aliphatic carbocycles. The van der Waals surface area contributed by atoms with Crippen LogP contribution in [0.15, 0.2) is 24.3 Å². The number of imide groups is 1. The Morgan fingerprint density at radius 2 is 1.74 bits per heavy atom. The van der Waals surface area contributed by atoms with Gasteiger partial charge < -0.3 is 10.4 Å². The van der Waals surface area contributed by atoms with Gasteiger partial charge in [-0.05, 0) is 30.4 Å². The van der Waals surface area contributed by atoms with Gasteiger partial charge in [-0.3, -0.25) is 14.6 Å². The van der Waals surface area contributed by atoms with E-state index in [1.165, 1.54) is 16.0 Å². The molecule has 2 aliphatic heterocycles. The van der Waals surface area contributed by atoms with Crippen LogP contribution in [0.25, 0.3) is 0 Å². The van der Waals surface area contributed by atoms with Crippen molar-refractivity contribution in [2.75, 3.05) is 19.6 Å². The fourth-order valence-corrected chi connectivity index (χ4v) is 4.79. The van der Waals surface area contributed by atoms with Crippen LogP contribution in [-0.2, 0) is 17.8 Å². The first kappa shape index (κ1) is 18.4. The number of aliphatic hydroxyl groups excluding tert-OH is 1. The maximum Gasteiger partial charge on any atom is 0.325 e. The summed E-state index contributed by atoms with van der Waals surface area (Å²) < 4.78 is 0. The second-order valence-electron chi connectivity index (χ2n) is 8.25. The standard InChI is InChI=1S/C21H29N3O3/c25-18(14-23-12-9-16-7-3-4-8-17(16)13-23)15-24-19(26)21(22-20(24)27)10-5-1-2-6-11-21/h3-4,7-8,18,25H,1-2,5-6,9-15H2,(H,22,27). The molecule has 6 nitrogen and oxygen atoms in total. The Morgan fingerprint density at radius 3 is 2.48 bits per heavy atom. The number of hydrogen-bond acceptors (Lipinski definition) is 4. The number of amides is 3. The maximum absolute atomic E-state index is 13.0. The summed E-state index contributed by atoms with van der Waals surface area (Å²) in [6.07, 6.45) is 5.83. The number of rotatable bonds is 4. The molecule has 0 bridgehead atoms. The van der Waals surface area contributed by atoms with Crippen LogP contribution in [0.5, 0.6) is 0 Å². The number of β-amino-alcohol motifs (C(OH)–C–C–N with tert-alkyl or cyclic N) is 1. The van der Waals surface area contributed by atoms with Crippen LogP contribution < -0.4 is 5.32 Å². The zero-order valence-corrected chi connectivity index (χ0v) is 15.8. The number of aliphatic hydroxyl groups is 1. The summed E-state index contributed by atoms with van der Waals surface area (Å²) in [5.41, 5.74) is 1.94. The van der Waals surface area contributed by atoms with E-state index in [0.29, 0.717) is 19.4 Å². The van der Waals surface area contributed by atoms with Crippen LogP contribution in [0.1, 0.15) is 49.7 Å². The largest absolute Gasteiger partial charge is 0.390 e. The minimum Gasteiger partial charge on any atom is -0.390 e. The Bertz CT molecular complexity index is 712. The second kappa shape index (κ2) is 7.60. The maximum atomic E-state index is 13.0. The lowest BCUT2D eigenvalue weighted by molar-refractivity contribution is -0.132. The summed E-state index contributed by atoms with van der Waals surface area (Å²) >= 11 is 0. The van der Waals surface area contributed by atoms with Crippen LogP contribution in [-0.4, -0.2) is 58.1 Å². The van der Waals surface area contributed by atoms with E-state index >= 15 is 0 Å². The first-order valence-electron chi connectivity index (χ1n) is 10.2. The zero-order valence-electron chi connectivity index (χ0n) is 15.8. The van der Waals surface area contributed by atoms with E-state index in [2.05, 4.69) is 28.4 Å². The molecule has 1 aromatic rings. The van der Waals surface area contributed by atoms with E-state index in [1.54, 1.807) is 0 Å². The number of urea groups is 1. The second-order valence-corrected chi connectivity index (χ2v) is 8.25. The van der Waals surface area contributed by atoms with Crippen molar-refractivity contribution in [3.05, 3.63) is 35.4 Å². The van der Waals surface area contributed by atoms with Crippen LogP contribution in [0.4, 0.5) is 4.79 Å². The summed E-state index contributed by atoms with van der Waals surface area (Å²) in [5.74, 6) is -0.141. The molecule has 1 atom stereocenters. The van der Waals surface area contributed by atoms with E-state index < -0.39 is 11.6 Å². The lowest BCUT2D eigenvalue weighted by atomic mass is 9.90. The lowest BCUT2D eigenvalue weighted by Gasteiger charge is -2.31. The van der Waals surface area contributed by atoms with Gasteiger partial charge in [0.1, 0.15) is 5.54 Å². The predicted molar refractivity (Wildman–Crippen MR) is 102 cm³/mol. The van der Waals surface area contributed by atoms with Gasteiger partial charge in [-0.1, -0.05) is 49.9 Å². The molecular weight excluding hydrogens is 342 g/mol. The molecule has 2 N–H and O–H groups in total. The van der Waals surface area contributed by atoms with Gasteiger partial charge >= 0.3 is 6.03 Å². The molecule has 146 valence electrons. The number of carbonyl (C=O) groups is 2. The van der Waals surface area contributed by atoms with E-state index in [-0.39, 0.29) is 18.5 Å². The summed E-state index contributed by atoms with van der Waals surface area (Å²) in [4.78, 5) is 28.8. The third kappa shape index (κ3) is 3.73. The van der Waals surface area contributed by atoms with Crippen molar-refractivity contribution in [1.82, 2.24) is 15.1 Å². The fourth-order valence-electron chi connectivity index (χ4n) is 4.79. The van der Waals surface area contributed by atoms with E-state index in [9.17, 15) is 14.7 Å². The van der Waals surface area contributed by atoms with Gasteiger partial charge in [-0.25, -0.2) is 4.79 Å². The number of hydrogen-bond donors (Lipinski definition) is 2. The van der Waals surface area contributed by atoms with Gasteiger partial charge in [0.2, 0.25) is 0 Å². The third-order valence-corrected chi connectivity index (χ3v) is 6.27. The molecule has 1 aromatic carbocycles. The summed E-state index contributed by atoms with van der Waals surface area (Å²) in [5, 5.41) is 13.5. The van der Waals surface area contributed by atoms with Crippen LogP contribution >= 0.6 is 0 Å². The van der Waals surface area contributed by atoms with Crippen molar-refractivity contribution in [1.29, 1.82) is 0 Å². The lowest BCUT2D eigenvalue weighted by Crippen LogP contribution is -2.47. The Balaban J connectivity index is 1.36. The molecule has 6 heteroatoms. The minimum absolute atomic E-state index is 0.0740. The molecule has 1 saturated carbocycles. The Kier molecular flexibility index (Phi) is 5.19. The fraction of sp³-hybridized carbons (Fsp3) is 0.619. The molecule has 27 heavy (non-hydrogen) atoms. The molecule has 2 fully saturated rings. The quantitative estimate of drug-likeness (QED) is 0.795. The number of fused-ring (bicyclic) bond motifs is 1. The van der Waals surface area contributed by atoms with Crippen molar-refractivity contribution in [2.45, 2.75) is 63.1 Å². The zero-order chi connectivity index (χ0) is 18.9. The average molecular weight is 371 g/mol. The molecule has 3 aliphatic rings.